The van der Waals surface area contributed by atoms with Crippen LogP contribution in [-0.4, -0.2) is 31.8 Å². The number of benzene rings is 2. The van der Waals surface area contributed by atoms with Gasteiger partial charge in [0.1, 0.15) is 12.4 Å². The van der Waals surface area contributed by atoms with Gasteiger partial charge in [0, 0.05) is 24.2 Å². The average Bonchev–Trinajstić information content (AvgIpc) is 3.27. The Morgan fingerprint density at radius 2 is 1.74 bits per heavy atom. The van der Waals surface area contributed by atoms with E-state index >= 15 is 0 Å². The third kappa shape index (κ3) is 5.47. The van der Waals surface area contributed by atoms with Gasteiger partial charge in [-0.05, 0) is 56.7 Å². The zero-order valence-electron chi connectivity index (χ0n) is 19.2. The molecule has 1 aromatic heterocycles. The van der Waals surface area contributed by atoms with Gasteiger partial charge in [-0.3, -0.25) is 4.55 Å². The van der Waals surface area contributed by atoms with E-state index in [9.17, 15) is 13.0 Å². The van der Waals surface area contributed by atoms with Crippen LogP contribution in [0.5, 0.6) is 0 Å². The number of rotatable bonds is 8. The van der Waals surface area contributed by atoms with Crippen molar-refractivity contribution in [2.75, 3.05) is 28.6 Å². The molecule has 0 bridgehead atoms. The predicted molar refractivity (Wildman–Crippen MR) is 142 cm³/mol. The minimum Gasteiger partial charge on any atom is -0.398 e. The van der Waals surface area contributed by atoms with E-state index in [1.54, 1.807) is 18.2 Å². The van der Waals surface area contributed by atoms with Gasteiger partial charge in [-0.1, -0.05) is 34.8 Å². The largest absolute Gasteiger partial charge is 0.398 e. The highest BCUT2D eigenvalue weighted by Crippen LogP contribution is 2.45. The molecule has 0 spiro atoms. The lowest BCUT2D eigenvalue weighted by atomic mass is 10.2. The Balaban J connectivity index is 1.72. The molecule has 0 atom stereocenters. The molecule has 0 aliphatic carbocycles. The predicted octanol–water partition coefficient (Wildman–Crippen LogP) is 6.18. The van der Waals surface area contributed by atoms with Crippen LogP contribution >= 0.6 is 34.8 Å². The molecule has 0 unspecified atom stereocenters. The summed E-state index contributed by atoms with van der Waals surface area (Å²) in [5.41, 5.74) is 3.34. The third-order valence-electron chi connectivity index (χ3n) is 5.75. The van der Waals surface area contributed by atoms with Gasteiger partial charge in [-0.2, -0.15) is 13.0 Å². The highest BCUT2D eigenvalue weighted by molar-refractivity contribution is 7.85. The number of oxazole rings is 1. The number of halogens is 3. The van der Waals surface area contributed by atoms with Crippen molar-refractivity contribution < 1.29 is 22.0 Å². The second-order valence-corrected chi connectivity index (χ2v) is 10.8. The molecule has 0 amide bonds. The molecule has 11 heteroatoms. The number of allylic oxidation sites excluding steroid dienone is 2. The molecule has 35 heavy (non-hydrogen) atoms. The monoisotopic (exact) mass is 556 g/mol. The fourth-order valence-corrected chi connectivity index (χ4v) is 5.22. The summed E-state index contributed by atoms with van der Waals surface area (Å²) in [4.78, 5) is 4.05. The van der Waals surface area contributed by atoms with E-state index in [0.717, 1.165) is 28.3 Å². The van der Waals surface area contributed by atoms with Crippen LogP contribution in [0, 0.1) is 0 Å². The van der Waals surface area contributed by atoms with Gasteiger partial charge in [0.15, 0.2) is 0 Å². The fourth-order valence-electron chi connectivity index (χ4n) is 4.24. The number of fused-ring (bicyclic) bond motifs is 2. The minimum atomic E-state index is -4.07. The topological polar surface area (TPSA) is 77.9 Å². The summed E-state index contributed by atoms with van der Waals surface area (Å²) in [5.74, 6) is 1.16. The maximum atomic E-state index is 11.3. The molecule has 2 heterocycles. The summed E-state index contributed by atoms with van der Waals surface area (Å²) in [6, 6.07) is 9.08. The molecular formula is C24H25Cl3N3O4S+. The average molecular weight is 558 g/mol. The van der Waals surface area contributed by atoms with E-state index in [-0.39, 0.29) is 12.2 Å². The van der Waals surface area contributed by atoms with Crippen molar-refractivity contribution in [2.45, 2.75) is 26.8 Å². The third-order valence-corrected chi connectivity index (χ3v) is 7.51. The first kappa shape index (κ1) is 25.9. The molecular weight excluding hydrogens is 533 g/mol. The maximum Gasteiger partial charge on any atom is 0.374 e. The minimum absolute atomic E-state index is 0.233. The first-order chi connectivity index (χ1) is 16.6. The summed E-state index contributed by atoms with van der Waals surface area (Å²) >= 11 is 18.8. The Bertz CT molecular complexity index is 1430. The SMILES string of the molecule is CCN1C(=CC=Cc2oc3ccc(Cl)cc3[n+]2CC)N(CCCS(=O)(=O)O)c2cc(Cl)c(Cl)cc21. The highest BCUT2D eigenvalue weighted by Gasteiger charge is 2.31. The van der Waals surface area contributed by atoms with Gasteiger partial charge in [-0.15, -0.1) is 0 Å². The van der Waals surface area contributed by atoms with Gasteiger partial charge in [-0.25, -0.2) is 0 Å². The maximum absolute atomic E-state index is 11.3. The number of hydrogen-bond donors (Lipinski definition) is 1. The van der Waals surface area contributed by atoms with Crippen LogP contribution in [0.4, 0.5) is 11.4 Å². The quantitative estimate of drug-likeness (QED) is 0.263. The van der Waals surface area contributed by atoms with Crippen LogP contribution in [0.25, 0.3) is 17.2 Å². The van der Waals surface area contributed by atoms with E-state index in [1.165, 1.54) is 0 Å². The normalized spacial score (nSPS) is 15.2. The number of aromatic nitrogens is 1. The summed E-state index contributed by atoms with van der Waals surface area (Å²) in [7, 11) is -4.07. The van der Waals surface area contributed by atoms with Crippen molar-refractivity contribution in [1.82, 2.24) is 0 Å². The van der Waals surface area contributed by atoms with E-state index in [4.69, 9.17) is 39.2 Å². The lowest BCUT2D eigenvalue weighted by Crippen LogP contribution is -2.33. The van der Waals surface area contributed by atoms with Gasteiger partial charge in [0.2, 0.25) is 5.58 Å². The van der Waals surface area contributed by atoms with Gasteiger partial charge < -0.3 is 14.2 Å². The molecule has 7 nitrogen and oxygen atoms in total. The molecule has 1 aliphatic heterocycles. The van der Waals surface area contributed by atoms with Crippen molar-refractivity contribution in [3.63, 3.8) is 0 Å². The van der Waals surface area contributed by atoms with Crippen LogP contribution < -0.4 is 14.4 Å². The summed E-state index contributed by atoms with van der Waals surface area (Å²) in [5, 5.41) is 1.48. The van der Waals surface area contributed by atoms with Crippen molar-refractivity contribution in [2.24, 2.45) is 0 Å². The van der Waals surface area contributed by atoms with E-state index in [1.807, 2.05) is 53.7 Å². The second-order valence-electron chi connectivity index (χ2n) is 7.97. The molecule has 0 fully saturated rings. The Hall–Kier alpha value is -2.23. The first-order valence-corrected chi connectivity index (χ1v) is 13.9. The van der Waals surface area contributed by atoms with Crippen LogP contribution in [-0.2, 0) is 16.7 Å². The van der Waals surface area contributed by atoms with Gasteiger partial charge >= 0.3 is 5.89 Å². The summed E-state index contributed by atoms with van der Waals surface area (Å²) in [6.45, 7) is 5.76. The highest BCUT2D eigenvalue weighted by atomic mass is 35.5. The number of anilines is 2. The van der Waals surface area contributed by atoms with Gasteiger partial charge in [0.25, 0.3) is 15.6 Å². The molecule has 3 aromatic rings. The molecule has 2 aromatic carbocycles. The molecule has 4 rings (SSSR count). The zero-order chi connectivity index (χ0) is 25.3. The Kier molecular flexibility index (Phi) is 7.68. The first-order valence-electron chi connectivity index (χ1n) is 11.1. The number of nitrogens with zero attached hydrogens (tertiary/aromatic N) is 3. The van der Waals surface area contributed by atoms with Crippen molar-refractivity contribution in [3.05, 3.63) is 69.3 Å². The summed E-state index contributed by atoms with van der Waals surface area (Å²) in [6.07, 6.45) is 5.92. The fraction of sp³-hybridized carbons (Fsp3) is 0.292. The lowest BCUT2D eigenvalue weighted by Gasteiger charge is -2.24. The molecule has 0 saturated carbocycles. The molecule has 186 valence electrons. The molecule has 0 saturated heterocycles. The van der Waals surface area contributed by atoms with E-state index in [2.05, 4.69) is 4.90 Å². The lowest BCUT2D eigenvalue weighted by molar-refractivity contribution is -0.674. The molecule has 0 radical (unpaired) electrons. The number of aryl methyl sites for hydroxylation is 1. The van der Waals surface area contributed by atoms with Gasteiger partial charge in [0.05, 0.1) is 33.2 Å². The number of hydrogen-bond acceptors (Lipinski definition) is 5. The Labute approximate surface area is 219 Å². The smallest absolute Gasteiger partial charge is 0.374 e. The second kappa shape index (κ2) is 10.4. The molecule has 1 aliphatic rings. The standard InChI is InChI=1S/C24H24Cl3N3O4S/c1-3-28-19-14-17(26)18(27)15-20(19)30(11-6-12-35(31,32)33)23(28)7-5-8-24-29(4-2)21-13-16(25)9-10-22(21)34-24/h5,7-10,13-15H,3-4,6,11-12H2,1-2H3/p+1. The van der Waals surface area contributed by atoms with Crippen molar-refractivity contribution >= 4 is 73.5 Å². The van der Waals surface area contributed by atoms with Crippen molar-refractivity contribution in [1.29, 1.82) is 0 Å². The van der Waals surface area contributed by atoms with E-state index in [0.29, 0.717) is 40.6 Å². The van der Waals surface area contributed by atoms with Crippen molar-refractivity contribution in [3.8, 4) is 0 Å². The Morgan fingerprint density at radius 3 is 2.37 bits per heavy atom. The Morgan fingerprint density at radius 1 is 1.06 bits per heavy atom. The van der Waals surface area contributed by atoms with Crippen LogP contribution in [0.2, 0.25) is 15.1 Å². The molecule has 1 N–H and O–H groups in total. The van der Waals surface area contributed by atoms with Crippen LogP contribution in [0.1, 0.15) is 26.2 Å². The zero-order valence-corrected chi connectivity index (χ0v) is 22.3. The summed E-state index contributed by atoms with van der Waals surface area (Å²) < 4.78 is 39.8. The van der Waals surface area contributed by atoms with Crippen LogP contribution in [0.3, 0.4) is 0 Å². The van der Waals surface area contributed by atoms with Crippen LogP contribution in [0.15, 0.2) is 52.7 Å². The van der Waals surface area contributed by atoms with E-state index < -0.39 is 10.1 Å².